The van der Waals surface area contributed by atoms with Gasteiger partial charge in [-0.2, -0.15) is 0 Å². The highest BCUT2D eigenvalue weighted by molar-refractivity contribution is 9.09. The van der Waals surface area contributed by atoms with Crippen molar-refractivity contribution >= 4 is 33.6 Å². The first-order chi connectivity index (χ1) is 16.1. The largest absolute Gasteiger partial charge is 0.497 e. The Labute approximate surface area is 208 Å². The molecule has 0 spiro atoms. The van der Waals surface area contributed by atoms with Gasteiger partial charge in [0.1, 0.15) is 16.2 Å². The molecule has 0 aromatic heterocycles. The van der Waals surface area contributed by atoms with Gasteiger partial charge in [0.15, 0.2) is 0 Å². The molecule has 4 nitrogen and oxygen atoms in total. The molecule has 0 radical (unpaired) electrons. The van der Waals surface area contributed by atoms with Crippen LogP contribution in [0, 0.1) is 0 Å². The van der Waals surface area contributed by atoms with Crippen LogP contribution in [0.25, 0.3) is 0 Å². The number of carbonyl (C=O) groups excluding carboxylic acids is 1. The predicted octanol–water partition coefficient (Wildman–Crippen LogP) is 6.34. The number of hydrogen-bond donors (Lipinski definition) is 0. The molecule has 6 heteroatoms. The quantitative estimate of drug-likeness (QED) is 0.241. The lowest BCUT2D eigenvalue weighted by atomic mass is 9.80. The molecule has 33 heavy (non-hydrogen) atoms. The monoisotopic (exact) mass is 525 g/mol. The zero-order valence-corrected chi connectivity index (χ0v) is 21.4. The highest BCUT2D eigenvalue weighted by Gasteiger charge is 2.61. The van der Waals surface area contributed by atoms with Crippen molar-refractivity contribution in [2.75, 3.05) is 19.5 Å². The van der Waals surface area contributed by atoms with Crippen molar-refractivity contribution in [2.24, 2.45) is 0 Å². The fraction of sp³-hybridized carbons (Fsp3) is 0.296. The number of benzene rings is 3. The number of rotatable bonds is 9. The van der Waals surface area contributed by atoms with E-state index in [0.717, 1.165) is 33.9 Å². The Balaban J connectivity index is 1.74. The molecule has 2 unspecified atom stereocenters. The summed E-state index contributed by atoms with van der Waals surface area (Å²) in [5, 5.41) is 0.704. The van der Waals surface area contributed by atoms with Crippen molar-refractivity contribution in [3.63, 3.8) is 0 Å². The van der Waals surface area contributed by atoms with Crippen molar-refractivity contribution in [3.05, 3.63) is 90.0 Å². The Morgan fingerprint density at radius 3 is 1.85 bits per heavy atom. The van der Waals surface area contributed by atoms with E-state index in [9.17, 15) is 4.79 Å². The second-order valence-corrected chi connectivity index (χ2v) is 10.0. The van der Waals surface area contributed by atoms with E-state index in [4.69, 9.17) is 9.47 Å². The van der Waals surface area contributed by atoms with E-state index in [1.165, 1.54) is 0 Å². The van der Waals surface area contributed by atoms with Gasteiger partial charge in [0.05, 0.1) is 26.3 Å². The van der Waals surface area contributed by atoms with E-state index in [2.05, 4.69) is 35.0 Å². The maximum atomic E-state index is 14.0. The number of carbonyl (C=O) groups is 1. The Morgan fingerprint density at radius 1 is 0.909 bits per heavy atom. The molecule has 1 saturated heterocycles. The fourth-order valence-electron chi connectivity index (χ4n) is 4.51. The lowest BCUT2D eigenvalue weighted by molar-refractivity contribution is -0.154. The van der Waals surface area contributed by atoms with Crippen LogP contribution in [0.3, 0.4) is 0 Å². The van der Waals surface area contributed by atoms with Gasteiger partial charge in [0.2, 0.25) is 5.91 Å². The van der Waals surface area contributed by atoms with E-state index < -0.39 is 4.75 Å². The summed E-state index contributed by atoms with van der Waals surface area (Å²) in [4.78, 5) is 17.1. The van der Waals surface area contributed by atoms with Gasteiger partial charge in [-0.15, -0.1) is 11.8 Å². The van der Waals surface area contributed by atoms with Gasteiger partial charge in [0, 0.05) is 10.2 Å². The van der Waals surface area contributed by atoms with E-state index in [0.29, 0.717) is 5.33 Å². The Bertz CT molecular complexity index is 1030. The van der Waals surface area contributed by atoms with Gasteiger partial charge in [0.25, 0.3) is 0 Å². The number of ether oxygens (including phenoxy) is 2. The Hall–Kier alpha value is -2.44. The van der Waals surface area contributed by atoms with Gasteiger partial charge in [-0.1, -0.05) is 65.3 Å². The third-order valence-electron chi connectivity index (χ3n) is 6.33. The molecule has 1 fully saturated rings. The molecule has 1 heterocycles. The summed E-state index contributed by atoms with van der Waals surface area (Å²) in [6.45, 7) is 2.11. The summed E-state index contributed by atoms with van der Waals surface area (Å²) in [6, 6.07) is 26.0. The first-order valence-electron chi connectivity index (χ1n) is 11.0. The molecule has 3 aromatic rings. The van der Waals surface area contributed by atoms with Crippen LogP contribution in [0.4, 0.5) is 0 Å². The van der Waals surface area contributed by atoms with Crippen LogP contribution in [0.1, 0.15) is 30.5 Å². The number of amides is 1. The van der Waals surface area contributed by atoms with E-state index in [1.807, 2.05) is 71.6 Å². The smallest absolute Gasteiger partial charge is 0.242 e. The number of likely N-dealkylation sites (tertiary alicyclic amines) is 1. The Morgan fingerprint density at radius 2 is 1.42 bits per heavy atom. The molecule has 2 atom stereocenters. The predicted molar refractivity (Wildman–Crippen MR) is 138 cm³/mol. The minimum Gasteiger partial charge on any atom is -0.497 e. The number of β-lactam (4-membered cyclic amide) rings is 1. The van der Waals surface area contributed by atoms with Crippen LogP contribution in [0.15, 0.2) is 83.8 Å². The fourth-order valence-corrected chi connectivity index (χ4v) is 6.98. The second-order valence-electron chi connectivity index (χ2n) is 7.99. The second kappa shape index (κ2) is 10.2. The molecule has 0 N–H and O–H groups in total. The van der Waals surface area contributed by atoms with E-state index in [1.54, 1.807) is 26.0 Å². The Kier molecular flexibility index (Phi) is 7.35. The zero-order valence-electron chi connectivity index (χ0n) is 19.0. The van der Waals surface area contributed by atoms with Gasteiger partial charge < -0.3 is 14.4 Å². The molecule has 3 aromatic carbocycles. The summed E-state index contributed by atoms with van der Waals surface area (Å²) >= 11 is 5.42. The first kappa shape index (κ1) is 23.7. The molecule has 172 valence electrons. The summed E-state index contributed by atoms with van der Waals surface area (Å²) in [5.74, 6) is 1.75. The normalized spacial score (nSPS) is 20.0. The van der Waals surface area contributed by atoms with Gasteiger partial charge >= 0.3 is 0 Å². The van der Waals surface area contributed by atoms with Crippen molar-refractivity contribution in [1.82, 2.24) is 4.90 Å². The maximum absolute atomic E-state index is 14.0. The van der Waals surface area contributed by atoms with E-state index >= 15 is 0 Å². The highest BCUT2D eigenvalue weighted by Crippen LogP contribution is 2.53. The molecular formula is C27H28BrNO3S. The highest BCUT2D eigenvalue weighted by atomic mass is 79.9. The summed E-state index contributed by atoms with van der Waals surface area (Å²) in [5.41, 5.74) is 2.10. The zero-order chi connectivity index (χ0) is 23.4. The first-order valence-corrected chi connectivity index (χ1v) is 12.9. The molecular weight excluding hydrogens is 498 g/mol. The summed E-state index contributed by atoms with van der Waals surface area (Å²) in [7, 11) is 3.32. The summed E-state index contributed by atoms with van der Waals surface area (Å²) in [6.07, 6.45) is 0.760. The lowest BCUT2D eigenvalue weighted by Crippen LogP contribution is -2.73. The van der Waals surface area contributed by atoms with Crippen LogP contribution >= 0.6 is 27.7 Å². The third-order valence-corrected chi connectivity index (χ3v) is 8.55. The number of halogens is 1. The van der Waals surface area contributed by atoms with Gasteiger partial charge in [-0.3, -0.25) is 4.79 Å². The number of hydrogen-bond acceptors (Lipinski definition) is 4. The SMILES string of the molecule is CCC1(Sc2ccccc2)C(=O)N(C(c2ccc(OC)cc2)c2ccc(OC)cc2)C1CBr. The standard InChI is InChI=1S/C27H28BrNO3S/c1-4-27(33-23-8-6-5-7-9-23)24(18-28)29(26(27)30)25(19-10-14-21(31-2)15-11-19)20-12-16-22(32-3)17-13-20/h5-17,24-25H,4,18H2,1-3H3. The van der Waals surface area contributed by atoms with Crippen LogP contribution < -0.4 is 9.47 Å². The molecule has 4 rings (SSSR count). The van der Waals surface area contributed by atoms with Gasteiger partial charge in [-0.05, 0) is 53.9 Å². The van der Waals surface area contributed by atoms with Crippen LogP contribution in [0.2, 0.25) is 0 Å². The number of thioether (sulfide) groups is 1. The lowest BCUT2D eigenvalue weighted by Gasteiger charge is -2.58. The molecule has 0 saturated carbocycles. The molecule has 1 aliphatic rings. The van der Waals surface area contributed by atoms with Crippen molar-refractivity contribution in [3.8, 4) is 11.5 Å². The van der Waals surface area contributed by atoms with Crippen molar-refractivity contribution in [1.29, 1.82) is 0 Å². The summed E-state index contributed by atoms with van der Waals surface area (Å²) < 4.78 is 10.2. The average molecular weight is 526 g/mol. The maximum Gasteiger partial charge on any atom is 0.242 e. The number of nitrogens with zero attached hydrogens (tertiary/aromatic N) is 1. The minimum atomic E-state index is -0.498. The van der Waals surface area contributed by atoms with E-state index in [-0.39, 0.29) is 18.0 Å². The van der Waals surface area contributed by atoms with Gasteiger partial charge in [-0.25, -0.2) is 0 Å². The number of alkyl halides is 1. The molecule has 0 aliphatic carbocycles. The molecule has 0 bridgehead atoms. The van der Waals surface area contributed by atoms with Crippen LogP contribution in [0.5, 0.6) is 11.5 Å². The topological polar surface area (TPSA) is 38.8 Å². The number of methoxy groups -OCH3 is 2. The molecule has 1 aliphatic heterocycles. The average Bonchev–Trinajstić information content (AvgIpc) is 2.88. The van der Waals surface area contributed by atoms with Crippen molar-refractivity contribution in [2.45, 2.75) is 35.1 Å². The molecule has 1 amide bonds. The van der Waals surface area contributed by atoms with Crippen molar-refractivity contribution < 1.29 is 14.3 Å². The third kappa shape index (κ3) is 4.38. The minimum absolute atomic E-state index is 0.0365. The van der Waals surface area contributed by atoms with Crippen LogP contribution in [-0.4, -0.2) is 41.1 Å². The van der Waals surface area contributed by atoms with Crippen LogP contribution in [-0.2, 0) is 4.79 Å².